The van der Waals surface area contributed by atoms with Crippen LogP contribution >= 0.6 is 0 Å². The van der Waals surface area contributed by atoms with E-state index in [0.29, 0.717) is 6.54 Å². The third-order valence-electron chi connectivity index (χ3n) is 4.34. The molecule has 1 heterocycles. The molecule has 3 aromatic rings. The maximum atomic E-state index is 12.7. The van der Waals surface area contributed by atoms with Crippen molar-refractivity contribution in [3.8, 4) is 0 Å². The monoisotopic (exact) mass is 321 g/mol. The van der Waals surface area contributed by atoms with Crippen LogP contribution in [0.1, 0.15) is 31.4 Å². The highest BCUT2D eigenvalue weighted by atomic mass is 16.1. The fourth-order valence-electron chi connectivity index (χ4n) is 3.13. The van der Waals surface area contributed by atoms with Crippen LogP contribution in [0.3, 0.4) is 0 Å². The van der Waals surface area contributed by atoms with E-state index in [9.17, 15) is 4.79 Å². The number of hydrogen-bond acceptors (Lipinski definition) is 2. The van der Waals surface area contributed by atoms with Gasteiger partial charge in [0.2, 0.25) is 0 Å². The van der Waals surface area contributed by atoms with Gasteiger partial charge in [-0.2, -0.15) is 0 Å². The van der Waals surface area contributed by atoms with Crippen molar-refractivity contribution in [2.24, 2.45) is 5.73 Å². The van der Waals surface area contributed by atoms with Gasteiger partial charge in [0.1, 0.15) is 0 Å². The first-order chi connectivity index (χ1) is 11.6. The van der Waals surface area contributed by atoms with Crippen molar-refractivity contribution in [2.45, 2.75) is 32.4 Å². The Morgan fingerprint density at radius 2 is 1.71 bits per heavy atom. The summed E-state index contributed by atoms with van der Waals surface area (Å²) in [5, 5.41) is 0. The summed E-state index contributed by atoms with van der Waals surface area (Å²) >= 11 is 0. The van der Waals surface area contributed by atoms with Crippen LogP contribution in [0.25, 0.3) is 16.7 Å². The number of aromatic nitrogens is 2. The maximum absolute atomic E-state index is 12.7. The van der Waals surface area contributed by atoms with Gasteiger partial charge in [0.05, 0.1) is 11.0 Å². The molecular formula is C20H23N3O. The highest BCUT2D eigenvalue weighted by Crippen LogP contribution is 2.19. The second-order valence-corrected chi connectivity index (χ2v) is 6.15. The molecule has 1 atom stereocenters. The van der Waals surface area contributed by atoms with Crippen LogP contribution in [0.15, 0.2) is 66.0 Å². The van der Waals surface area contributed by atoms with Crippen molar-refractivity contribution in [1.29, 1.82) is 0 Å². The molecule has 0 aliphatic rings. The number of para-hydroxylation sites is 2. The molecule has 0 saturated carbocycles. The third kappa shape index (κ3) is 3.05. The first-order valence-corrected chi connectivity index (χ1v) is 8.26. The average molecular weight is 321 g/mol. The molecule has 3 rings (SSSR count). The standard InChI is InChI=1S/C20H23N3O/c1-15(2)23-19-13-7-6-12-18(19)22(20(23)24)14-8-11-17(21)16-9-4-3-5-10-16/h3-7,9-10,12-13,17H,1,8,11,14,21H2,2H3. The van der Waals surface area contributed by atoms with E-state index in [4.69, 9.17) is 5.73 Å². The number of rotatable bonds is 6. The molecule has 0 aliphatic heterocycles. The Morgan fingerprint density at radius 3 is 2.38 bits per heavy atom. The van der Waals surface area contributed by atoms with Crippen LogP contribution in [0, 0.1) is 0 Å². The van der Waals surface area contributed by atoms with Crippen molar-refractivity contribution in [2.75, 3.05) is 0 Å². The average Bonchev–Trinajstić information content (AvgIpc) is 2.87. The topological polar surface area (TPSA) is 53.0 Å². The molecule has 0 amide bonds. The first kappa shape index (κ1) is 16.3. The van der Waals surface area contributed by atoms with E-state index in [1.807, 2.05) is 66.1 Å². The largest absolute Gasteiger partial charge is 0.333 e. The lowest BCUT2D eigenvalue weighted by molar-refractivity contribution is 0.547. The van der Waals surface area contributed by atoms with E-state index in [1.165, 1.54) is 0 Å². The molecule has 0 aliphatic carbocycles. The molecule has 2 aromatic carbocycles. The minimum absolute atomic E-state index is 0.00334. The van der Waals surface area contributed by atoms with Gasteiger partial charge in [0.25, 0.3) is 0 Å². The van der Waals surface area contributed by atoms with Crippen LogP contribution < -0.4 is 11.4 Å². The van der Waals surface area contributed by atoms with Crippen molar-refractivity contribution in [3.05, 3.63) is 77.2 Å². The predicted octanol–water partition coefficient (Wildman–Crippen LogP) is 3.77. The molecule has 0 bridgehead atoms. The number of imidazole rings is 1. The van der Waals surface area contributed by atoms with Gasteiger partial charge in [-0.3, -0.25) is 9.13 Å². The Bertz CT molecular complexity index is 906. The van der Waals surface area contributed by atoms with E-state index >= 15 is 0 Å². The molecular weight excluding hydrogens is 298 g/mol. The zero-order valence-electron chi connectivity index (χ0n) is 14.0. The quantitative estimate of drug-likeness (QED) is 0.751. The second kappa shape index (κ2) is 6.89. The predicted molar refractivity (Wildman–Crippen MR) is 99.8 cm³/mol. The lowest BCUT2D eigenvalue weighted by atomic mass is 10.0. The Kier molecular flexibility index (Phi) is 4.67. The molecule has 4 nitrogen and oxygen atoms in total. The smallest absolute Gasteiger partial charge is 0.324 e. The molecule has 24 heavy (non-hydrogen) atoms. The molecule has 0 saturated heterocycles. The number of nitrogens with two attached hydrogens (primary N) is 1. The van der Waals surface area contributed by atoms with Crippen molar-refractivity contribution >= 4 is 16.7 Å². The summed E-state index contributed by atoms with van der Waals surface area (Å²) < 4.78 is 3.49. The number of nitrogens with zero attached hydrogens (tertiary/aromatic N) is 2. The second-order valence-electron chi connectivity index (χ2n) is 6.15. The minimum Gasteiger partial charge on any atom is -0.324 e. The third-order valence-corrected chi connectivity index (χ3v) is 4.34. The Balaban J connectivity index is 1.80. The fourth-order valence-corrected chi connectivity index (χ4v) is 3.13. The number of allylic oxidation sites excluding steroid dienone is 1. The van der Waals surface area contributed by atoms with Gasteiger partial charge < -0.3 is 5.73 Å². The zero-order valence-corrected chi connectivity index (χ0v) is 14.0. The molecule has 4 heteroatoms. The summed E-state index contributed by atoms with van der Waals surface area (Å²) in [6, 6.07) is 17.9. The van der Waals surface area contributed by atoms with Crippen molar-refractivity contribution < 1.29 is 0 Å². The minimum atomic E-state index is -0.0306. The Labute approximate surface area is 141 Å². The Morgan fingerprint density at radius 1 is 1.08 bits per heavy atom. The van der Waals surface area contributed by atoms with Gasteiger partial charge in [-0.25, -0.2) is 4.79 Å². The van der Waals surface area contributed by atoms with Gasteiger partial charge in [-0.05, 0) is 37.5 Å². The van der Waals surface area contributed by atoms with Crippen LogP contribution in [-0.2, 0) is 6.54 Å². The van der Waals surface area contributed by atoms with Crippen LogP contribution in [0.5, 0.6) is 0 Å². The highest BCUT2D eigenvalue weighted by Gasteiger charge is 2.13. The molecule has 1 aromatic heterocycles. The summed E-state index contributed by atoms with van der Waals surface area (Å²) in [5.41, 5.74) is 9.94. The number of benzene rings is 2. The molecule has 0 radical (unpaired) electrons. The van der Waals surface area contributed by atoms with E-state index in [-0.39, 0.29) is 11.7 Å². The summed E-state index contributed by atoms with van der Waals surface area (Å²) in [7, 11) is 0. The molecule has 0 fully saturated rings. The van der Waals surface area contributed by atoms with Gasteiger partial charge in [-0.15, -0.1) is 0 Å². The van der Waals surface area contributed by atoms with E-state index in [2.05, 4.69) is 6.58 Å². The van der Waals surface area contributed by atoms with E-state index in [0.717, 1.165) is 35.1 Å². The lowest BCUT2D eigenvalue weighted by Gasteiger charge is -2.12. The lowest BCUT2D eigenvalue weighted by Crippen LogP contribution is -2.23. The van der Waals surface area contributed by atoms with Crippen LogP contribution in [0.4, 0.5) is 0 Å². The summed E-state index contributed by atoms with van der Waals surface area (Å²) in [6.45, 7) is 6.43. The van der Waals surface area contributed by atoms with Gasteiger partial charge >= 0.3 is 5.69 Å². The number of hydrogen-bond donors (Lipinski definition) is 1. The van der Waals surface area contributed by atoms with Gasteiger partial charge in [0, 0.05) is 18.3 Å². The fraction of sp³-hybridized carbons (Fsp3) is 0.250. The first-order valence-electron chi connectivity index (χ1n) is 8.26. The highest BCUT2D eigenvalue weighted by molar-refractivity contribution is 5.79. The SMILES string of the molecule is C=C(C)n1c(=O)n(CCCC(N)c2ccccc2)c2ccccc21. The number of fused-ring (bicyclic) bond motifs is 1. The van der Waals surface area contributed by atoms with E-state index < -0.39 is 0 Å². The van der Waals surface area contributed by atoms with Gasteiger partial charge in [-0.1, -0.05) is 49.0 Å². The summed E-state index contributed by atoms with van der Waals surface area (Å²) in [5.74, 6) is 0. The summed E-state index contributed by atoms with van der Waals surface area (Å²) in [6.07, 6.45) is 1.68. The zero-order chi connectivity index (χ0) is 17.1. The molecule has 0 spiro atoms. The summed E-state index contributed by atoms with van der Waals surface area (Å²) in [4.78, 5) is 12.7. The maximum Gasteiger partial charge on any atom is 0.333 e. The van der Waals surface area contributed by atoms with Gasteiger partial charge in [0.15, 0.2) is 0 Å². The van der Waals surface area contributed by atoms with E-state index in [1.54, 1.807) is 4.57 Å². The van der Waals surface area contributed by atoms with Crippen LogP contribution in [0.2, 0.25) is 0 Å². The normalized spacial score (nSPS) is 12.4. The van der Waals surface area contributed by atoms with Crippen molar-refractivity contribution in [1.82, 2.24) is 9.13 Å². The molecule has 2 N–H and O–H groups in total. The van der Waals surface area contributed by atoms with Crippen LogP contribution in [-0.4, -0.2) is 9.13 Å². The Hall–Kier alpha value is -2.59. The molecule has 1 unspecified atom stereocenters. The molecule has 124 valence electrons. The van der Waals surface area contributed by atoms with Crippen molar-refractivity contribution in [3.63, 3.8) is 0 Å². The number of aryl methyl sites for hydroxylation is 1.